The van der Waals surface area contributed by atoms with Crippen LogP contribution in [0.2, 0.25) is 0 Å². The molecule has 0 aromatic rings. The Morgan fingerprint density at radius 2 is 2.00 bits per heavy atom. The minimum absolute atomic E-state index is 0.132. The largest absolute Gasteiger partial charge is 0.338 e. The Balaban J connectivity index is 3.47. The van der Waals surface area contributed by atoms with E-state index in [1.54, 1.807) is 0 Å². The highest BCUT2D eigenvalue weighted by Crippen LogP contribution is 1.97. The van der Waals surface area contributed by atoms with Crippen LogP contribution in [0.15, 0.2) is 0 Å². The maximum atomic E-state index is 11.1. The zero-order valence-corrected chi connectivity index (χ0v) is 8.66. The van der Waals surface area contributed by atoms with Crippen molar-refractivity contribution < 1.29 is 4.79 Å². The maximum Gasteiger partial charge on any atom is 0.315 e. The summed E-state index contributed by atoms with van der Waals surface area (Å²) < 4.78 is 0. The molecule has 72 valence electrons. The minimum atomic E-state index is -0.176. The molecule has 4 heteroatoms. The molecule has 0 rings (SSSR count). The Kier molecular flexibility index (Phi) is 5.06. The van der Waals surface area contributed by atoms with Crippen molar-refractivity contribution in [3.05, 3.63) is 0 Å². The van der Waals surface area contributed by atoms with Gasteiger partial charge in [-0.3, -0.25) is 0 Å². The number of amides is 2. The zero-order valence-electron chi connectivity index (χ0n) is 7.91. The first-order valence-electron chi connectivity index (χ1n) is 4.07. The van der Waals surface area contributed by atoms with E-state index in [4.69, 9.17) is 11.6 Å². The summed E-state index contributed by atoms with van der Waals surface area (Å²) in [7, 11) is 0. The molecule has 0 saturated carbocycles. The molecule has 0 unspecified atom stereocenters. The Labute approximate surface area is 78.9 Å². The second kappa shape index (κ2) is 5.25. The fourth-order valence-electron chi connectivity index (χ4n) is 0.654. The second-order valence-corrected chi connectivity index (χ2v) is 4.05. The molecule has 0 heterocycles. The monoisotopic (exact) mass is 192 g/mol. The van der Waals surface area contributed by atoms with Crippen molar-refractivity contribution in [2.24, 2.45) is 0 Å². The molecule has 0 aliphatic rings. The van der Waals surface area contributed by atoms with Crippen molar-refractivity contribution in [3.8, 4) is 0 Å². The first kappa shape index (κ1) is 11.6. The molecule has 12 heavy (non-hydrogen) atoms. The number of halogens is 1. The van der Waals surface area contributed by atoms with E-state index in [1.807, 2.05) is 20.8 Å². The third kappa shape index (κ3) is 7.66. The maximum absolute atomic E-state index is 11.1. The Bertz CT molecular complexity index is 142. The Morgan fingerprint density at radius 1 is 1.42 bits per heavy atom. The van der Waals surface area contributed by atoms with Crippen molar-refractivity contribution in [1.29, 1.82) is 0 Å². The van der Waals surface area contributed by atoms with Crippen molar-refractivity contribution in [1.82, 2.24) is 10.6 Å². The van der Waals surface area contributed by atoms with Gasteiger partial charge >= 0.3 is 6.03 Å². The van der Waals surface area contributed by atoms with Gasteiger partial charge in [0.25, 0.3) is 0 Å². The van der Waals surface area contributed by atoms with Crippen LogP contribution < -0.4 is 10.6 Å². The smallest absolute Gasteiger partial charge is 0.315 e. The number of nitrogens with one attached hydrogen (secondary N) is 2. The van der Waals surface area contributed by atoms with Gasteiger partial charge in [-0.25, -0.2) is 4.79 Å². The fraction of sp³-hybridized carbons (Fsp3) is 0.875. The first-order valence-corrected chi connectivity index (χ1v) is 4.61. The standard InChI is InChI=1S/C8H17ClN2O/c1-8(2,3)11-7(12)10-6-4-5-9/h4-6H2,1-3H3,(H2,10,11,12). The number of carbonyl (C=O) groups excluding carboxylic acids is 1. The highest BCUT2D eigenvalue weighted by atomic mass is 35.5. The average Bonchev–Trinajstić information content (AvgIpc) is 1.84. The third-order valence-electron chi connectivity index (χ3n) is 1.08. The predicted molar refractivity (Wildman–Crippen MR) is 51.6 cm³/mol. The third-order valence-corrected chi connectivity index (χ3v) is 1.35. The number of hydrogen-bond donors (Lipinski definition) is 2. The molecule has 2 amide bonds. The summed E-state index contributed by atoms with van der Waals surface area (Å²) in [6, 6.07) is -0.132. The van der Waals surface area contributed by atoms with Crippen LogP contribution in [0.4, 0.5) is 4.79 Å². The topological polar surface area (TPSA) is 41.1 Å². The summed E-state index contributed by atoms with van der Waals surface area (Å²) in [4.78, 5) is 11.1. The van der Waals surface area contributed by atoms with Crippen molar-refractivity contribution in [2.45, 2.75) is 32.7 Å². The van der Waals surface area contributed by atoms with Crippen molar-refractivity contribution >= 4 is 17.6 Å². The van der Waals surface area contributed by atoms with E-state index in [2.05, 4.69) is 10.6 Å². The summed E-state index contributed by atoms with van der Waals surface area (Å²) in [5, 5.41) is 5.49. The average molecular weight is 193 g/mol. The van der Waals surface area contributed by atoms with E-state index in [1.165, 1.54) is 0 Å². The number of hydrogen-bond acceptors (Lipinski definition) is 1. The summed E-state index contributed by atoms with van der Waals surface area (Å²) in [5.41, 5.74) is -0.176. The van der Waals surface area contributed by atoms with E-state index in [9.17, 15) is 4.79 Å². The fourth-order valence-corrected chi connectivity index (χ4v) is 0.787. The molecule has 0 aromatic carbocycles. The predicted octanol–water partition coefficient (Wildman–Crippen LogP) is 1.71. The van der Waals surface area contributed by atoms with Gasteiger partial charge < -0.3 is 10.6 Å². The second-order valence-electron chi connectivity index (χ2n) is 3.67. The summed E-state index contributed by atoms with van der Waals surface area (Å²) in [5.74, 6) is 0.579. The Hall–Kier alpha value is -0.440. The van der Waals surface area contributed by atoms with Gasteiger partial charge in [0.1, 0.15) is 0 Å². The van der Waals surface area contributed by atoms with Crippen LogP contribution in [0.25, 0.3) is 0 Å². The first-order chi connectivity index (χ1) is 5.45. The quantitative estimate of drug-likeness (QED) is 0.519. The molecule has 0 saturated heterocycles. The summed E-state index contributed by atoms with van der Waals surface area (Å²) >= 11 is 5.45. The normalized spacial score (nSPS) is 11.0. The van der Waals surface area contributed by atoms with Gasteiger partial charge in [0.15, 0.2) is 0 Å². The van der Waals surface area contributed by atoms with Crippen LogP contribution in [-0.2, 0) is 0 Å². The van der Waals surface area contributed by atoms with Crippen LogP contribution in [0, 0.1) is 0 Å². The molecule has 0 radical (unpaired) electrons. The van der Waals surface area contributed by atoms with Crippen molar-refractivity contribution in [3.63, 3.8) is 0 Å². The van der Waals surface area contributed by atoms with Gasteiger partial charge in [-0.05, 0) is 27.2 Å². The molecule has 0 atom stereocenters. The number of urea groups is 1. The van der Waals surface area contributed by atoms with Gasteiger partial charge in [-0.1, -0.05) is 0 Å². The molecule has 3 nitrogen and oxygen atoms in total. The lowest BCUT2D eigenvalue weighted by Gasteiger charge is -2.20. The summed E-state index contributed by atoms with van der Waals surface area (Å²) in [6.45, 7) is 6.45. The SMILES string of the molecule is CC(C)(C)NC(=O)NCCCCl. The lowest BCUT2D eigenvalue weighted by Crippen LogP contribution is -2.46. The molecular formula is C8H17ClN2O. The molecule has 0 fully saturated rings. The molecule has 0 aliphatic heterocycles. The molecule has 0 bridgehead atoms. The Morgan fingerprint density at radius 3 is 2.42 bits per heavy atom. The van der Waals surface area contributed by atoms with E-state index < -0.39 is 0 Å². The lowest BCUT2D eigenvalue weighted by molar-refractivity contribution is 0.232. The summed E-state index contributed by atoms with van der Waals surface area (Å²) in [6.07, 6.45) is 0.805. The minimum Gasteiger partial charge on any atom is -0.338 e. The lowest BCUT2D eigenvalue weighted by atomic mass is 10.1. The van der Waals surface area contributed by atoms with Gasteiger partial charge in [0.05, 0.1) is 0 Å². The van der Waals surface area contributed by atoms with Crippen LogP contribution in [0.5, 0.6) is 0 Å². The molecule has 2 N–H and O–H groups in total. The van der Waals surface area contributed by atoms with Gasteiger partial charge in [0, 0.05) is 18.0 Å². The van der Waals surface area contributed by atoms with E-state index >= 15 is 0 Å². The van der Waals surface area contributed by atoms with Crippen molar-refractivity contribution in [2.75, 3.05) is 12.4 Å². The highest BCUT2D eigenvalue weighted by Gasteiger charge is 2.12. The van der Waals surface area contributed by atoms with E-state index in [0.717, 1.165) is 6.42 Å². The van der Waals surface area contributed by atoms with E-state index in [-0.39, 0.29) is 11.6 Å². The van der Waals surface area contributed by atoms with Gasteiger partial charge in [-0.15, -0.1) is 11.6 Å². The highest BCUT2D eigenvalue weighted by molar-refractivity contribution is 6.17. The number of rotatable bonds is 3. The zero-order chi connectivity index (χ0) is 9.61. The molecule has 0 aromatic heterocycles. The molecular weight excluding hydrogens is 176 g/mol. The van der Waals surface area contributed by atoms with Crippen LogP contribution in [0.3, 0.4) is 0 Å². The number of carbonyl (C=O) groups is 1. The number of alkyl halides is 1. The van der Waals surface area contributed by atoms with Gasteiger partial charge in [0.2, 0.25) is 0 Å². The van der Waals surface area contributed by atoms with Gasteiger partial charge in [-0.2, -0.15) is 0 Å². The van der Waals surface area contributed by atoms with Crippen LogP contribution in [0.1, 0.15) is 27.2 Å². The van der Waals surface area contributed by atoms with Crippen LogP contribution >= 0.6 is 11.6 Å². The molecule has 0 aliphatic carbocycles. The molecule has 0 spiro atoms. The van der Waals surface area contributed by atoms with E-state index in [0.29, 0.717) is 12.4 Å². The van der Waals surface area contributed by atoms with Crippen LogP contribution in [-0.4, -0.2) is 24.0 Å².